The third-order valence-electron chi connectivity index (χ3n) is 5.05. The van der Waals surface area contributed by atoms with E-state index in [1.54, 1.807) is 0 Å². The summed E-state index contributed by atoms with van der Waals surface area (Å²) in [5.74, 6) is 0.730. The molecule has 2 aliphatic rings. The van der Waals surface area contributed by atoms with Gasteiger partial charge in [0.15, 0.2) is 0 Å². The zero-order chi connectivity index (χ0) is 13.6. The largest absolute Gasteiger partial charge is 0.330 e. The van der Waals surface area contributed by atoms with Crippen molar-refractivity contribution in [3.05, 3.63) is 0 Å². The molecule has 1 heterocycles. The van der Waals surface area contributed by atoms with Gasteiger partial charge in [-0.15, -0.1) is 0 Å². The Kier molecular flexibility index (Phi) is 3.81. The van der Waals surface area contributed by atoms with E-state index in [9.17, 15) is 0 Å². The van der Waals surface area contributed by atoms with Crippen LogP contribution in [-0.4, -0.2) is 30.1 Å². The fraction of sp³-hybridized carbons (Fsp3) is 1.00. The Morgan fingerprint density at radius 1 is 1.11 bits per heavy atom. The van der Waals surface area contributed by atoms with E-state index >= 15 is 0 Å². The molecule has 2 atom stereocenters. The van der Waals surface area contributed by atoms with Crippen molar-refractivity contribution in [2.45, 2.75) is 72.4 Å². The minimum absolute atomic E-state index is 0.493. The number of nitrogens with two attached hydrogens (primary N) is 1. The minimum atomic E-state index is 0.493. The Morgan fingerprint density at radius 3 is 2.11 bits per heavy atom. The Balaban J connectivity index is 2.08. The topological polar surface area (TPSA) is 29.3 Å². The van der Waals surface area contributed by atoms with Crippen LogP contribution in [0.25, 0.3) is 0 Å². The molecule has 2 N–H and O–H groups in total. The standard InChI is InChI=1S/C16H32N2/c1-12-6-13(9-17)10-18(12)14-7-15(2,3)11-16(4,5)8-14/h12-14H,6-11,17H2,1-5H3. The summed E-state index contributed by atoms with van der Waals surface area (Å²) in [7, 11) is 0. The summed E-state index contributed by atoms with van der Waals surface area (Å²) in [6, 6.07) is 1.50. The minimum Gasteiger partial charge on any atom is -0.330 e. The van der Waals surface area contributed by atoms with E-state index in [0.29, 0.717) is 10.8 Å². The van der Waals surface area contributed by atoms with Crippen molar-refractivity contribution in [1.29, 1.82) is 0 Å². The van der Waals surface area contributed by atoms with Crippen molar-refractivity contribution in [2.75, 3.05) is 13.1 Å². The number of hydrogen-bond acceptors (Lipinski definition) is 2. The summed E-state index contributed by atoms with van der Waals surface area (Å²) in [6.45, 7) is 14.3. The van der Waals surface area contributed by atoms with Crippen LogP contribution in [0, 0.1) is 16.7 Å². The van der Waals surface area contributed by atoms with Crippen molar-refractivity contribution in [2.24, 2.45) is 22.5 Å². The monoisotopic (exact) mass is 252 g/mol. The molecule has 0 amide bonds. The lowest BCUT2D eigenvalue weighted by atomic mass is 9.63. The van der Waals surface area contributed by atoms with E-state index < -0.39 is 0 Å². The van der Waals surface area contributed by atoms with Gasteiger partial charge in [0.25, 0.3) is 0 Å². The highest BCUT2D eigenvalue weighted by atomic mass is 15.2. The van der Waals surface area contributed by atoms with E-state index in [0.717, 1.165) is 24.5 Å². The number of likely N-dealkylation sites (tertiary alicyclic amines) is 1. The normalized spacial score (nSPS) is 37.0. The van der Waals surface area contributed by atoms with Crippen molar-refractivity contribution < 1.29 is 0 Å². The van der Waals surface area contributed by atoms with Crippen LogP contribution in [0.5, 0.6) is 0 Å². The average Bonchev–Trinajstić information content (AvgIpc) is 2.55. The second-order valence-corrected chi connectivity index (χ2v) is 8.45. The van der Waals surface area contributed by atoms with Crippen LogP contribution in [-0.2, 0) is 0 Å². The van der Waals surface area contributed by atoms with Gasteiger partial charge in [-0.25, -0.2) is 0 Å². The number of nitrogens with zero attached hydrogens (tertiary/aromatic N) is 1. The summed E-state index contributed by atoms with van der Waals surface area (Å²) in [5, 5.41) is 0. The SMILES string of the molecule is CC1CC(CN)CN1C1CC(C)(C)CC(C)(C)C1. The van der Waals surface area contributed by atoms with E-state index in [1.165, 1.54) is 32.2 Å². The lowest BCUT2D eigenvalue weighted by molar-refractivity contribution is 0.0205. The van der Waals surface area contributed by atoms with Crippen LogP contribution >= 0.6 is 0 Å². The highest BCUT2D eigenvalue weighted by molar-refractivity contribution is 4.97. The van der Waals surface area contributed by atoms with Gasteiger partial charge >= 0.3 is 0 Å². The molecule has 0 spiro atoms. The highest BCUT2D eigenvalue weighted by Crippen LogP contribution is 2.48. The van der Waals surface area contributed by atoms with Gasteiger partial charge in [-0.3, -0.25) is 4.90 Å². The van der Waals surface area contributed by atoms with Crippen molar-refractivity contribution in [3.63, 3.8) is 0 Å². The van der Waals surface area contributed by atoms with E-state index in [2.05, 4.69) is 39.5 Å². The third kappa shape index (κ3) is 3.08. The Morgan fingerprint density at radius 2 is 1.67 bits per heavy atom. The maximum absolute atomic E-state index is 5.87. The van der Waals surface area contributed by atoms with Gasteiger partial charge in [0.05, 0.1) is 0 Å². The quantitative estimate of drug-likeness (QED) is 0.817. The van der Waals surface area contributed by atoms with Gasteiger partial charge in [0.1, 0.15) is 0 Å². The summed E-state index contributed by atoms with van der Waals surface area (Å²) < 4.78 is 0. The van der Waals surface area contributed by atoms with Gasteiger partial charge in [-0.1, -0.05) is 27.7 Å². The molecular formula is C16H32N2. The molecule has 0 aromatic rings. The first-order valence-electron chi connectivity index (χ1n) is 7.68. The van der Waals surface area contributed by atoms with Gasteiger partial charge in [-0.05, 0) is 55.9 Å². The zero-order valence-corrected chi connectivity index (χ0v) is 13.0. The molecule has 0 aromatic carbocycles. The summed E-state index contributed by atoms with van der Waals surface area (Å²) in [5.41, 5.74) is 6.85. The highest BCUT2D eigenvalue weighted by Gasteiger charge is 2.43. The maximum atomic E-state index is 5.87. The van der Waals surface area contributed by atoms with Crippen LogP contribution in [0.2, 0.25) is 0 Å². The predicted molar refractivity (Wildman–Crippen MR) is 78.5 cm³/mol. The molecule has 0 bridgehead atoms. The van der Waals surface area contributed by atoms with Gasteiger partial charge in [-0.2, -0.15) is 0 Å². The molecule has 1 saturated heterocycles. The van der Waals surface area contributed by atoms with Crippen LogP contribution in [0.15, 0.2) is 0 Å². The first-order chi connectivity index (χ1) is 8.22. The smallest absolute Gasteiger partial charge is 0.0108 e. The summed E-state index contributed by atoms with van der Waals surface area (Å²) >= 11 is 0. The second-order valence-electron chi connectivity index (χ2n) is 8.45. The van der Waals surface area contributed by atoms with Crippen LogP contribution in [0.4, 0.5) is 0 Å². The molecule has 1 saturated carbocycles. The summed E-state index contributed by atoms with van der Waals surface area (Å²) in [4.78, 5) is 2.76. The van der Waals surface area contributed by atoms with Crippen molar-refractivity contribution in [1.82, 2.24) is 4.90 Å². The molecule has 18 heavy (non-hydrogen) atoms. The number of hydrogen-bond donors (Lipinski definition) is 1. The van der Waals surface area contributed by atoms with Gasteiger partial charge in [0, 0.05) is 18.6 Å². The number of rotatable bonds is 2. The lowest BCUT2D eigenvalue weighted by Crippen LogP contribution is -2.47. The lowest BCUT2D eigenvalue weighted by Gasteiger charge is -2.48. The van der Waals surface area contributed by atoms with Gasteiger partial charge in [0.2, 0.25) is 0 Å². The fourth-order valence-electron chi connectivity index (χ4n) is 4.87. The maximum Gasteiger partial charge on any atom is 0.0108 e. The second kappa shape index (κ2) is 4.79. The first kappa shape index (κ1) is 14.3. The van der Waals surface area contributed by atoms with Crippen LogP contribution in [0.3, 0.4) is 0 Å². The Hall–Kier alpha value is -0.0800. The molecule has 106 valence electrons. The van der Waals surface area contributed by atoms with Crippen LogP contribution in [0.1, 0.15) is 60.3 Å². The molecule has 2 nitrogen and oxygen atoms in total. The zero-order valence-electron chi connectivity index (χ0n) is 13.0. The molecule has 1 aliphatic heterocycles. The van der Waals surface area contributed by atoms with E-state index in [4.69, 9.17) is 5.73 Å². The summed E-state index contributed by atoms with van der Waals surface area (Å²) in [6.07, 6.45) is 5.38. The molecule has 2 rings (SSSR count). The molecular weight excluding hydrogens is 220 g/mol. The van der Waals surface area contributed by atoms with Crippen molar-refractivity contribution >= 4 is 0 Å². The first-order valence-corrected chi connectivity index (χ1v) is 7.68. The molecule has 1 aliphatic carbocycles. The molecule has 0 aromatic heterocycles. The Bertz CT molecular complexity index is 279. The predicted octanol–water partition coefficient (Wildman–Crippen LogP) is 3.26. The third-order valence-corrected chi connectivity index (χ3v) is 5.05. The molecule has 2 heteroatoms. The van der Waals surface area contributed by atoms with Gasteiger partial charge < -0.3 is 5.73 Å². The van der Waals surface area contributed by atoms with Crippen molar-refractivity contribution in [3.8, 4) is 0 Å². The molecule has 0 radical (unpaired) electrons. The Labute approximate surface area is 113 Å². The molecule has 2 unspecified atom stereocenters. The van der Waals surface area contributed by atoms with E-state index in [1.807, 2.05) is 0 Å². The van der Waals surface area contributed by atoms with Crippen LogP contribution < -0.4 is 5.73 Å². The molecule has 2 fully saturated rings. The fourth-order valence-corrected chi connectivity index (χ4v) is 4.87. The average molecular weight is 252 g/mol. The van der Waals surface area contributed by atoms with E-state index in [-0.39, 0.29) is 0 Å².